The normalized spacial score (nSPS) is 21.1. The number of carbonyl (C=O) groups excluding carboxylic acids is 3. The van der Waals surface area contributed by atoms with Crippen molar-refractivity contribution < 1.29 is 19.1 Å². The first-order chi connectivity index (χ1) is 14.4. The van der Waals surface area contributed by atoms with Gasteiger partial charge in [-0.3, -0.25) is 14.9 Å². The second-order valence-electron chi connectivity index (χ2n) is 7.23. The van der Waals surface area contributed by atoms with Crippen LogP contribution in [-0.2, 0) is 16.0 Å². The van der Waals surface area contributed by atoms with Gasteiger partial charge >= 0.3 is 6.09 Å². The molecule has 0 saturated carbocycles. The lowest BCUT2D eigenvalue weighted by Gasteiger charge is -2.22. The quantitative estimate of drug-likeness (QED) is 0.674. The third-order valence-corrected chi connectivity index (χ3v) is 6.09. The first-order valence-electron chi connectivity index (χ1n) is 9.45. The van der Waals surface area contributed by atoms with Crippen molar-refractivity contribution in [1.82, 2.24) is 10.2 Å². The molecule has 8 heteroatoms. The van der Waals surface area contributed by atoms with Crippen molar-refractivity contribution in [3.8, 4) is 0 Å². The molecule has 0 spiro atoms. The molecule has 2 aromatic carbocycles. The number of halogens is 1. The van der Waals surface area contributed by atoms with Crippen molar-refractivity contribution in [2.24, 2.45) is 0 Å². The van der Waals surface area contributed by atoms with Crippen molar-refractivity contribution in [2.45, 2.75) is 25.5 Å². The predicted molar refractivity (Wildman–Crippen MR) is 116 cm³/mol. The van der Waals surface area contributed by atoms with Crippen LogP contribution in [0.1, 0.15) is 29.7 Å². The summed E-state index contributed by atoms with van der Waals surface area (Å²) >= 11 is 6.94. The summed E-state index contributed by atoms with van der Waals surface area (Å²) in [5, 5.41) is 2.50. The number of nitrogens with zero attached hydrogens (tertiary/aromatic N) is 1. The van der Waals surface area contributed by atoms with E-state index in [-0.39, 0.29) is 29.4 Å². The molecule has 0 aliphatic carbocycles. The highest BCUT2D eigenvalue weighted by Crippen LogP contribution is 2.30. The average molecular weight is 443 g/mol. The Labute approximate surface area is 183 Å². The van der Waals surface area contributed by atoms with Gasteiger partial charge in [0.15, 0.2) is 0 Å². The van der Waals surface area contributed by atoms with Gasteiger partial charge in [0.05, 0.1) is 11.4 Å². The number of rotatable bonds is 5. The molecule has 0 aromatic heterocycles. The van der Waals surface area contributed by atoms with Crippen LogP contribution >= 0.6 is 23.4 Å². The Balaban J connectivity index is 1.39. The van der Waals surface area contributed by atoms with E-state index < -0.39 is 0 Å². The van der Waals surface area contributed by atoms with Crippen molar-refractivity contribution >= 4 is 46.7 Å². The third kappa shape index (κ3) is 4.52. The maximum atomic E-state index is 12.4. The van der Waals surface area contributed by atoms with Crippen LogP contribution in [-0.4, -0.2) is 34.7 Å². The van der Waals surface area contributed by atoms with E-state index in [1.807, 2.05) is 49.4 Å². The van der Waals surface area contributed by atoms with Crippen LogP contribution in [0.25, 0.3) is 6.08 Å². The van der Waals surface area contributed by atoms with E-state index in [1.54, 1.807) is 17.0 Å². The number of nitrogens with one attached hydrogen (secondary N) is 1. The number of hydrogen-bond acceptors (Lipinski definition) is 5. The highest BCUT2D eigenvalue weighted by atomic mass is 35.5. The summed E-state index contributed by atoms with van der Waals surface area (Å²) in [6.07, 6.45) is 1.70. The zero-order valence-corrected chi connectivity index (χ0v) is 17.7. The monoisotopic (exact) mass is 442 g/mol. The number of cyclic esters (lactones) is 1. The van der Waals surface area contributed by atoms with Crippen LogP contribution in [0, 0.1) is 0 Å². The highest BCUT2D eigenvalue weighted by molar-refractivity contribution is 8.18. The minimum atomic E-state index is -0.371. The number of ether oxygens (including phenoxy) is 1. The molecule has 2 aromatic rings. The smallest absolute Gasteiger partial charge is 0.410 e. The highest BCUT2D eigenvalue weighted by Gasteiger charge is 2.35. The Kier molecular flexibility index (Phi) is 5.83. The van der Waals surface area contributed by atoms with Crippen LogP contribution < -0.4 is 5.32 Å². The molecule has 2 atom stereocenters. The lowest BCUT2D eigenvalue weighted by atomic mass is 10.0. The van der Waals surface area contributed by atoms with Crippen molar-refractivity contribution in [3.63, 3.8) is 0 Å². The van der Waals surface area contributed by atoms with Crippen LogP contribution in [0.5, 0.6) is 0 Å². The average Bonchev–Trinajstić information content (AvgIpc) is 3.25. The number of imide groups is 1. The number of thioether (sulfide) groups is 1. The minimum Gasteiger partial charge on any atom is -0.439 e. The second-order valence-corrected chi connectivity index (χ2v) is 8.68. The lowest BCUT2D eigenvalue weighted by Crippen LogP contribution is -2.35. The molecule has 2 heterocycles. The molecule has 30 heavy (non-hydrogen) atoms. The number of carbonyl (C=O) groups is 3. The molecule has 1 N–H and O–H groups in total. The topological polar surface area (TPSA) is 75.7 Å². The maximum absolute atomic E-state index is 12.4. The van der Waals surface area contributed by atoms with Gasteiger partial charge in [0.2, 0.25) is 0 Å². The summed E-state index contributed by atoms with van der Waals surface area (Å²) in [4.78, 5) is 37.4. The second kappa shape index (κ2) is 8.53. The molecule has 3 amide bonds. The number of amides is 3. The van der Waals surface area contributed by atoms with Gasteiger partial charge in [-0.1, -0.05) is 48.0 Å². The summed E-state index contributed by atoms with van der Waals surface area (Å²) in [5.41, 5.74) is 2.78. The fourth-order valence-corrected chi connectivity index (χ4v) is 4.37. The van der Waals surface area contributed by atoms with E-state index in [9.17, 15) is 14.4 Å². The first-order valence-corrected chi connectivity index (χ1v) is 10.6. The molecule has 2 saturated heterocycles. The summed E-state index contributed by atoms with van der Waals surface area (Å²) in [5.74, 6) is -0.371. The van der Waals surface area contributed by atoms with E-state index in [4.69, 9.17) is 16.3 Å². The van der Waals surface area contributed by atoms with Crippen molar-refractivity contribution in [1.29, 1.82) is 0 Å². The van der Waals surface area contributed by atoms with Gasteiger partial charge in [-0.15, -0.1) is 0 Å². The summed E-state index contributed by atoms with van der Waals surface area (Å²) in [6, 6.07) is 15.0. The Morgan fingerprint density at radius 3 is 2.67 bits per heavy atom. The van der Waals surface area contributed by atoms with Crippen LogP contribution in [0.15, 0.2) is 53.4 Å². The van der Waals surface area contributed by atoms with Crippen LogP contribution in [0.3, 0.4) is 0 Å². The largest absolute Gasteiger partial charge is 0.439 e. The standard InChI is InChI=1S/C22H19ClN2O4S/c1-13(25-12-18(29-22(25)28)16-3-2-4-17(23)11-16)9-14-5-7-15(8-6-14)10-19-20(26)24-21(27)30-19/h2-8,10-11,13,18H,9,12H2,1H3,(H,24,26,27). The molecule has 0 radical (unpaired) electrons. The molecular formula is C22H19ClN2O4S. The van der Waals surface area contributed by atoms with Gasteiger partial charge in [0.1, 0.15) is 6.10 Å². The van der Waals surface area contributed by atoms with Crippen molar-refractivity contribution in [3.05, 3.63) is 75.1 Å². The zero-order valence-electron chi connectivity index (χ0n) is 16.1. The van der Waals surface area contributed by atoms with Gasteiger partial charge in [0.25, 0.3) is 11.1 Å². The van der Waals surface area contributed by atoms with Gasteiger partial charge in [-0.25, -0.2) is 4.79 Å². The SMILES string of the molecule is CC(Cc1ccc(C=C2SC(=O)NC2=O)cc1)N1CC(c2cccc(Cl)c2)OC1=O. The maximum Gasteiger partial charge on any atom is 0.410 e. The molecule has 2 aliphatic heterocycles. The zero-order chi connectivity index (χ0) is 21.3. The molecule has 0 bridgehead atoms. The Morgan fingerprint density at radius 1 is 1.23 bits per heavy atom. The van der Waals surface area contributed by atoms with Gasteiger partial charge in [-0.2, -0.15) is 0 Å². The first kappa shape index (κ1) is 20.5. The molecule has 4 rings (SSSR count). The van der Waals surface area contributed by atoms with Crippen molar-refractivity contribution in [2.75, 3.05) is 6.54 Å². The van der Waals surface area contributed by atoms with E-state index in [2.05, 4.69) is 5.32 Å². The summed E-state index contributed by atoms with van der Waals surface area (Å²) in [6.45, 7) is 2.47. The van der Waals surface area contributed by atoms with E-state index in [0.717, 1.165) is 28.5 Å². The predicted octanol–water partition coefficient (Wildman–Crippen LogP) is 4.79. The number of benzene rings is 2. The molecular weight excluding hydrogens is 424 g/mol. The van der Waals surface area contributed by atoms with Crippen LogP contribution in [0.4, 0.5) is 9.59 Å². The van der Waals surface area contributed by atoms with Crippen LogP contribution in [0.2, 0.25) is 5.02 Å². The fourth-order valence-electron chi connectivity index (χ4n) is 3.49. The molecule has 6 nitrogen and oxygen atoms in total. The van der Waals surface area contributed by atoms with Gasteiger partial charge < -0.3 is 9.64 Å². The Bertz CT molecular complexity index is 1040. The number of hydrogen-bond donors (Lipinski definition) is 1. The van der Waals surface area contributed by atoms with E-state index in [0.29, 0.717) is 22.9 Å². The summed E-state index contributed by atoms with van der Waals surface area (Å²) < 4.78 is 5.54. The van der Waals surface area contributed by atoms with E-state index >= 15 is 0 Å². The third-order valence-electron chi connectivity index (χ3n) is 5.04. The van der Waals surface area contributed by atoms with Gasteiger partial charge in [-0.05, 0) is 60.0 Å². The van der Waals surface area contributed by atoms with Gasteiger partial charge in [0, 0.05) is 11.1 Å². The minimum absolute atomic E-state index is 0.0420. The molecule has 2 unspecified atom stereocenters. The molecule has 154 valence electrons. The molecule has 2 aliphatic rings. The lowest BCUT2D eigenvalue weighted by molar-refractivity contribution is -0.115. The molecule has 2 fully saturated rings. The summed E-state index contributed by atoms with van der Waals surface area (Å²) in [7, 11) is 0. The van der Waals surface area contributed by atoms with E-state index in [1.165, 1.54) is 0 Å². The fraction of sp³-hybridized carbons (Fsp3) is 0.227. The Hall–Kier alpha value is -2.77. The Morgan fingerprint density at radius 2 is 2.00 bits per heavy atom.